The van der Waals surface area contributed by atoms with Crippen molar-refractivity contribution in [2.24, 2.45) is 5.73 Å². The monoisotopic (exact) mass is 387 g/mol. The predicted octanol–water partition coefficient (Wildman–Crippen LogP) is 4.43. The molecule has 0 fully saturated rings. The van der Waals surface area contributed by atoms with E-state index in [9.17, 15) is 4.39 Å². The maximum Gasteiger partial charge on any atom is 0.137 e. The van der Waals surface area contributed by atoms with Gasteiger partial charge in [-0.2, -0.15) is 0 Å². The molecule has 0 aromatic heterocycles. The molecule has 19 heavy (non-hydrogen) atoms. The van der Waals surface area contributed by atoms with Crippen LogP contribution in [0.1, 0.15) is 11.7 Å². The Kier molecular flexibility index (Phi) is 4.96. The van der Waals surface area contributed by atoms with Crippen molar-refractivity contribution in [2.75, 3.05) is 6.54 Å². The second-order valence-corrected chi connectivity index (χ2v) is 5.74. The number of hydrogen-bond acceptors (Lipinski definition) is 2. The van der Waals surface area contributed by atoms with Crippen LogP contribution in [0.3, 0.4) is 0 Å². The largest absolute Gasteiger partial charge is 0.484 e. The molecule has 0 aliphatic heterocycles. The lowest BCUT2D eigenvalue weighted by Crippen LogP contribution is -2.18. The lowest BCUT2D eigenvalue weighted by Gasteiger charge is -2.18. The predicted molar refractivity (Wildman–Crippen MR) is 80.7 cm³/mol. The molecule has 2 aromatic rings. The average molecular weight is 389 g/mol. The van der Waals surface area contributed by atoms with E-state index < -0.39 is 0 Å². The molecule has 0 spiro atoms. The molecular weight excluding hydrogens is 377 g/mol. The minimum Gasteiger partial charge on any atom is -0.484 e. The first-order valence-electron chi connectivity index (χ1n) is 5.67. The molecule has 1 unspecified atom stereocenters. The molecule has 2 rings (SSSR count). The molecule has 2 aromatic carbocycles. The van der Waals surface area contributed by atoms with E-state index in [4.69, 9.17) is 10.5 Å². The fourth-order valence-electron chi connectivity index (χ4n) is 1.67. The van der Waals surface area contributed by atoms with Crippen molar-refractivity contribution in [1.82, 2.24) is 0 Å². The molecule has 2 N–H and O–H groups in total. The van der Waals surface area contributed by atoms with E-state index in [1.807, 2.05) is 24.3 Å². The minimum atomic E-state index is -0.320. The summed E-state index contributed by atoms with van der Waals surface area (Å²) in [5.74, 6) is 0.253. The second kappa shape index (κ2) is 6.50. The summed E-state index contributed by atoms with van der Waals surface area (Å²) < 4.78 is 20.3. The summed E-state index contributed by atoms with van der Waals surface area (Å²) in [6.07, 6.45) is -0.269. The van der Waals surface area contributed by atoms with Crippen LogP contribution in [0.25, 0.3) is 0 Å². The standard InChI is InChI=1S/C14H12Br2FNO/c15-10-3-1-2-9(6-10)14(8-18)19-11-4-5-13(17)12(16)7-11/h1-7,14H,8,18H2. The summed E-state index contributed by atoms with van der Waals surface area (Å²) in [4.78, 5) is 0. The highest BCUT2D eigenvalue weighted by Gasteiger charge is 2.12. The van der Waals surface area contributed by atoms with E-state index in [0.29, 0.717) is 16.8 Å². The van der Waals surface area contributed by atoms with E-state index in [2.05, 4.69) is 31.9 Å². The highest BCUT2D eigenvalue weighted by atomic mass is 79.9. The Balaban J connectivity index is 2.21. The van der Waals surface area contributed by atoms with Crippen LogP contribution in [0.15, 0.2) is 51.4 Å². The number of benzene rings is 2. The van der Waals surface area contributed by atoms with Gasteiger partial charge in [0.15, 0.2) is 0 Å². The molecular formula is C14H12Br2FNO. The van der Waals surface area contributed by atoms with Gasteiger partial charge in [-0.1, -0.05) is 28.1 Å². The number of nitrogens with two attached hydrogens (primary N) is 1. The first-order chi connectivity index (χ1) is 9.10. The Bertz CT molecular complexity index is 577. The molecule has 0 saturated heterocycles. The fraction of sp³-hybridized carbons (Fsp3) is 0.143. The van der Waals surface area contributed by atoms with Crippen LogP contribution in [-0.2, 0) is 0 Å². The van der Waals surface area contributed by atoms with Crippen LogP contribution in [-0.4, -0.2) is 6.54 Å². The van der Waals surface area contributed by atoms with E-state index in [1.54, 1.807) is 12.1 Å². The number of rotatable bonds is 4. The molecule has 0 aliphatic carbocycles. The van der Waals surface area contributed by atoms with Gasteiger partial charge >= 0.3 is 0 Å². The summed E-state index contributed by atoms with van der Waals surface area (Å²) in [6, 6.07) is 12.3. The topological polar surface area (TPSA) is 35.2 Å². The van der Waals surface area contributed by atoms with Gasteiger partial charge in [0.2, 0.25) is 0 Å². The molecule has 1 atom stereocenters. The van der Waals surface area contributed by atoms with Crippen LogP contribution < -0.4 is 10.5 Å². The summed E-state index contributed by atoms with van der Waals surface area (Å²) in [6.45, 7) is 0.339. The van der Waals surface area contributed by atoms with Crippen LogP contribution in [0.4, 0.5) is 4.39 Å². The van der Waals surface area contributed by atoms with Gasteiger partial charge in [-0.3, -0.25) is 0 Å². The molecule has 0 aliphatic rings. The maximum absolute atomic E-state index is 13.2. The van der Waals surface area contributed by atoms with Gasteiger partial charge in [-0.05, 0) is 51.8 Å². The van der Waals surface area contributed by atoms with Gasteiger partial charge in [-0.15, -0.1) is 0 Å². The number of ether oxygens (including phenoxy) is 1. The SMILES string of the molecule is NCC(Oc1ccc(F)c(Br)c1)c1cccc(Br)c1. The zero-order chi connectivity index (χ0) is 13.8. The Morgan fingerprint density at radius 3 is 2.58 bits per heavy atom. The van der Waals surface area contributed by atoms with Crippen LogP contribution >= 0.6 is 31.9 Å². The summed E-state index contributed by atoms with van der Waals surface area (Å²) >= 11 is 6.54. The number of halogens is 3. The van der Waals surface area contributed by atoms with E-state index in [-0.39, 0.29) is 11.9 Å². The van der Waals surface area contributed by atoms with Crippen molar-refractivity contribution in [1.29, 1.82) is 0 Å². The molecule has 0 heterocycles. The minimum absolute atomic E-state index is 0.269. The molecule has 0 bridgehead atoms. The van der Waals surface area contributed by atoms with Crippen molar-refractivity contribution < 1.29 is 9.13 Å². The Morgan fingerprint density at radius 2 is 1.95 bits per heavy atom. The highest BCUT2D eigenvalue weighted by Crippen LogP contribution is 2.27. The zero-order valence-corrected chi connectivity index (χ0v) is 13.1. The van der Waals surface area contributed by atoms with E-state index >= 15 is 0 Å². The quantitative estimate of drug-likeness (QED) is 0.840. The molecule has 0 amide bonds. The van der Waals surface area contributed by atoms with Crippen LogP contribution in [0, 0.1) is 5.82 Å². The fourth-order valence-corrected chi connectivity index (χ4v) is 2.45. The van der Waals surface area contributed by atoms with Crippen molar-refractivity contribution in [3.8, 4) is 5.75 Å². The summed E-state index contributed by atoms with van der Waals surface area (Å²) in [7, 11) is 0. The van der Waals surface area contributed by atoms with Crippen molar-refractivity contribution in [3.63, 3.8) is 0 Å². The molecule has 5 heteroatoms. The van der Waals surface area contributed by atoms with Crippen molar-refractivity contribution in [3.05, 3.63) is 62.8 Å². The Labute approximate surface area is 128 Å². The average Bonchev–Trinajstić information content (AvgIpc) is 2.40. The van der Waals surface area contributed by atoms with Gasteiger partial charge in [0.05, 0.1) is 4.47 Å². The maximum atomic E-state index is 13.2. The molecule has 0 saturated carbocycles. The lowest BCUT2D eigenvalue weighted by atomic mass is 10.1. The molecule has 2 nitrogen and oxygen atoms in total. The zero-order valence-electron chi connectivity index (χ0n) is 9.95. The number of hydrogen-bond donors (Lipinski definition) is 1. The Hall–Kier alpha value is -0.910. The second-order valence-electron chi connectivity index (χ2n) is 3.97. The van der Waals surface area contributed by atoms with Gasteiger partial charge in [0.25, 0.3) is 0 Å². The van der Waals surface area contributed by atoms with E-state index in [0.717, 1.165) is 10.0 Å². The van der Waals surface area contributed by atoms with Gasteiger partial charge < -0.3 is 10.5 Å². The summed E-state index contributed by atoms with van der Waals surface area (Å²) in [5, 5.41) is 0. The highest BCUT2D eigenvalue weighted by molar-refractivity contribution is 9.10. The third-order valence-corrected chi connectivity index (χ3v) is 3.70. The van der Waals surface area contributed by atoms with Crippen molar-refractivity contribution in [2.45, 2.75) is 6.10 Å². The summed E-state index contributed by atoms with van der Waals surface area (Å²) in [5.41, 5.74) is 6.71. The first-order valence-corrected chi connectivity index (χ1v) is 7.26. The smallest absolute Gasteiger partial charge is 0.137 e. The molecule has 0 radical (unpaired) electrons. The van der Waals surface area contributed by atoms with Crippen molar-refractivity contribution >= 4 is 31.9 Å². The molecule has 100 valence electrons. The third-order valence-electron chi connectivity index (χ3n) is 2.60. The van der Waals surface area contributed by atoms with Crippen LogP contribution in [0.2, 0.25) is 0 Å². The Morgan fingerprint density at radius 1 is 1.16 bits per heavy atom. The van der Waals surface area contributed by atoms with Gasteiger partial charge in [0, 0.05) is 11.0 Å². The third kappa shape index (κ3) is 3.78. The van der Waals surface area contributed by atoms with Crippen LogP contribution in [0.5, 0.6) is 5.75 Å². The van der Waals surface area contributed by atoms with Gasteiger partial charge in [0.1, 0.15) is 17.7 Å². The first kappa shape index (κ1) is 14.5. The van der Waals surface area contributed by atoms with Gasteiger partial charge in [-0.25, -0.2) is 4.39 Å². The normalized spacial score (nSPS) is 12.2. The van der Waals surface area contributed by atoms with E-state index in [1.165, 1.54) is 6.07 Å². The lowest BCUT2D eigenvalue weighted by molar-refractivity contribution is 0.214.